The van der Waals surface area contributed by atoms with Crippen LogP contribution in [0.25, 0.3) is 0 Å². The third-order valence-electron chi connectivity index (χ3n) is 3.51. The number of carbonyl (C=O) groups excluding carboxylic acids is 2. The minimum absolute atomic E-state index is 0.00675. The first-order valence-electron chi connectivity index (χ1n) is 7.20. The van der Waals surface area contributed by atoms with Gasteiger partial charge in [0.15, 0.2) is 0 Å². The number of amides is 2. The quantitative estimate of drug-likeness (QED) is 0.738. The number of hydrogen-bond donors (Lipinski definition) is 1. The summed E-state index contributed by atoms with van der Waals surface area (Å²) in [7, 11) is 0. The van der Waals surface area contributed by atoms with Gasteiger partial charge in [0, 0.05) is 19.0 Å². The molecular formula is C14H26N2O2. The molecule has 4 nitrogen and oxygen atoms in total. The lowest BCUT2D eigenvalue weighted by Crippen LogP contribution is -2.46. The van der Waals surface area contributed by atoms with Gasteiger partial charge in [0.2, 0.25) is 11.8 Å². The highest BCUT2D eigenvalue weighted by atomic mass is 16.2. The molecule has 0 saturated carbocycles. The lowest BCUT2D eigenvalue weighted by molar-refractivity contribution is -0.135. The van der Waals surface area contributed by atoms with E-state index in [4.69, 9.17) is 0 Å². The van der Waals surface area contributed by atoms with E-state index in [0.29, 0.717) is 6.42 Å². The van der Waals surface area contributed by atoms with Gasteiger partial charge < -0.3 is 10.2 Å². The second-order valence-corrected chi connectivity index (χ2v) is 5.20. The second kappa shape index (κ2) is 7.39. The zero-order valence-corrected chi connectivity index (χ0v) is 11.9. The zero-order chi connectivity index (χ0) is 13.5. The highest BCUT2D eigenvalue weighted by molar-refractivity contribution is 5.90. The molecule has 18 heavy (non-hydrogen) atoms. The molecule has 2 atom stereocenters. The van der Waals surface area contributed by atoms with Crippen LogP contribution in [-0.2, 0) is 9.59 Å². The molecule has 1 saturated heterocycles. The maximum Gasteiger partial charge on any atom is 0.245 e. The van der Waals surface area contributed by atoms with Crippen LogP contribution in [0.15, 0.2) is 0 Å². The standard InChI is InChI=1S/C14H26N2O2/c1-4-6-7-9-16-11(3)10-13(17)15-12(8-5-2)14(16)18/h11-12H,4-10H2,1-3H3,(H,15,17). The maximum absolute atomic E-state index is 12.4. The summed E-state index contributed by atoms with van der Waals surface area (Å²) in [4.78, 5) is 26.0. The van der Waals surface area contributed by atoms with Gasteiger partial charge in [0.25, 0.3) is 0 Å². The number of nitrogens with one attached hydrogen (secondary N) is 1. The number of unbranched alkanes of at least 4 members (excludes halogenated alkanes) is 2. The average Bonchev–Trinajstić information content (AvgIpc) is 2.41. The molecule has 0 aromatic carbocycles. The van der Waals surface area contributed by atoms with Crippen LogP contribution in [0, 0.1) is 0 Å². The first kappa shape index (κ1) is 15.0. The van der Waals surface area contributed by atoms with Crippen LogP contribution < -0.4 is 5.32 Å². The predicted octanol–water partition coefficient (Wildman–Crippen LogP) is 2.08. The Kier molecular flexibility index (Phi) is 6.16. The summed E-state index contributed by atoms with van der Waals surface area (Å²) in [6, 6.07) is -0.287. The number of nitrogens with zero attached hydrogens (tertiary/aromatic N) is 1. The van der Waals surface area contributed by atoms with Gasteiger partial charge in [-0.3, -0.25) is 9.59 Å². The highest BCUT2D eigenvalue weighted by Gasteiger charge is 2.32. The van der Waals surface area contributed by atoms with Crippen molar-refractivity contribution in [3.05, 3.63) is 0 Å². The van der Waals surface area contributed by atoms with Crippen molar-refractivity contribution < 1.29 is 9.59 Å². The van der Waals surface area contributed by atoms with E-state index >= 15 is 0 Å². The van der Waals surface area contributed by atoms with E-state index in [1.54, 1.807) is 0 Å². The third kappa shape index (κ3) is 4.00. The van der Waals surface area contributed by atoms with Crippen LogP contribution in [0.2, 0.25) is 0 Å². The predicted molar refractivity (Wildman–Crippen MR) is 72.2 cm³/mol. The molecule has 2 unspecified atom stereocenters. The summed E-state index contributed by atoms with van der Waals surface area (Å²) < 4.78 is 0. The normalized spacial score (nSPS) is 24.9. The van der Waals surface area contributed by atoms with Crippen LogP contribution in [0.4, 0.5) is 0 Å². The smallest absolute Gasteiger partial charge is 0.245 e. The Morgan fingerprint density at radius 3 is 2.56 bits per heavy atom. The molecule has 1 fully saturated rings. The van der Waals surface area contributed by atoms with Crippen LogP contribution in [0.5, 0.6) is 0 Å². The van der Waals surface area contributed by atoms with Gasteiger partial charge in [-0.2, -0.15) is 0 Å². The van der Waals surface area contributed by atoms with Crippen LogP contribution in [-0.4, -0.2) is 35.3 Å². The molecule has 0 aromatic heterocycles. The summed E-state index contributed by atoms with van der Waals surface area (Å²) in [6.45, 7) is 6.94. The van der Waals surface area contributed by atoms with Crippen LogP contribution in [0.1, 0.15) is 59.3 Å². The SMILES string of the molecule is CCCCCN1C(=O)C(CCC)NC(=O)CC1C. The number of carbonyl (C=O) groups is 2. The number of hydrogen-bond acceptors (Lipinski definition) is 2. The molecule has 0 bridgehead atoms. The summed E-state index contributed by atoms with van der Waals surface area (Å²) in [5, 5.41) is 2.85. The fraction of sp³-hybridized carbons (Fsp3) is 0.857. The molecule has 0 radical (unpaired) electrons. The summed E-state index contributed by atoms with van der Waals surface area (Å²) in [6.07, 6.45) is 5.38. The molecule has 1 rings (SSSR count). The van der Waals surface area contributed by atoms with Crippen molar-refractivity contribution >= 4 is 11.8 Å². The van der Waals surface area contributed by atoms with Crippen LogP contribution in [0.3, 0.4) is 0 Å². The monoisotopic (exact) mass is 254 g/mol. The second-order valence-electron chi connectivity index (χ2n) is 5.20. The first-order chi connectivity index (χ1) is 8.60. The van der Waals surface area contributed by atoms with Crippen molar-refractivity contribution in [3.63, 3.8) is 0 Å². The van der Waals surface area contributed by atoms with Crippen molar-refractivity contribution in [3.8, 4) is 0 Å². The average molecular weight is 254 g/mol. The van der Waals surface area contributed by atoms with Gasteiger partial charge >= 0.3 is 0 Å². The summed E-state index contributed by atoms with van der Waals surface area (Å²) >= 11 is 0. The van der Waals surface area contributed by atoms with Gasteiger partial charge in [-0.05, 0) is 19.8 Å². The Labute approximate surface area is 110 Å². The van der Waals surface area contributed by atoms with E-state index in [2.05, 4.69) is 12.2 Å². The van der Waals surface area contributed by atoms with Gasteiger partial charge in [-0.15, -0.1) is 0 Å². The van der Waals surface area contributed by atoms with E-state index in [0.717, 1.165) is 38.6 Å². The third-order valence-corrected chi connectivity index (χ3v) is 3.51. The molecule has 0 spiro atoms. The molecule has 1 aliphatic heterocycles. The van der Waals surface area contributed by atoms with E-state index < -0.39 is 0 Å². The molecule has 2 amide bonds. The Hall–Kier alpha value is -1.06. The van der Waals surface area contributed by atoms with Crippen molar-refractivity contribution in [2.45, 2.75) is 71.4 Å². The fourth-order valence-corrected chi connectivity index (χ4v) is 2.46. The molecule has 0 aliphatic carbocycles. The molecule has 1 aliphatic rings. The van der Waals surface area contributed by atoms with Gasteiger partial charge in [0.05, 0.1) is 0 Å². The Balaban J connectivity index is 2.70. The lowest BCUT2D eigenvalue weighted by atomic mass is 10.1. The number of rotatable bonds is 6. The highest BCUT2D eigenvalue weighted by Crippen LogP contribution is 2.15. The fourth-order valence-electron chi connectivity index (χ4n) is 2.46. The molecular weight excluding hydrogens is 228 g/mol. The lowest BCUT2D eigenvalue weighted by Gasteiger charge is -2.28. The van der Waals surface area contributed by atoms with E-state index in [1.807, 2.05) is 18.7 Å². The Bertz CT molecular complexity index is 292. The Morgan fingerprint density at radius 2 is 1.94 bits per heavy atom. The minimum Gasteiger partial charge on any atom is -0.344 e. The molecule has 4 heteroatoms. The van der Waals surface area contributed by atoms with E-state index in [-0.39, 0.29) is 23.9 Å². The van der Waals surface area contributed by atoms with Crippen molar-refractivity contribution in [2.75, 3.05) is 6.54 Å². The van der Waals surface area contributed by atoms with Gasteiger partial charge in [-0.25, -0.2) is 0 Å². The minimum atomic E-state index is -0.311. The van der Waals surface area contributed by atoms with E-state index in [9.17, 15) is 9.59 Å². The van der Waals surface area contributed by atoms with Crippen LogP contribution >= 0.6 is 0 Å². The molecule has 104 valence electrons. The van der Waals surface area contributed by atoms with Crippen molar-refractivity contribution in [1.82, 2.24) is 10.2 Å². The Morgan fingerprint density at radius 1 is 1.22 bits per heavy atom. The summed E-state index contributed by atoms with van der Waals surface area (Å²) in [5.74, 6) is 0.110. The first-order valence-corrected chi connectivity index (χ1v) is 7.20. The van der Waals surface area contributed by atoms with Gasteiger partial charge in [0.1, 0.15) is 6.04 Å². The summed E-state index contributed by atoms with van der Waals surface area (Å²) in [5.41, 5.74) is 0. The molecule has 1 heterocycles. The maximum atomic E-state index is 12.4. The van der Waals surface area contributed by atoms with Crippen molar-refractivity contribution in [2.24, 2.45) is 0 Å². The van der Waals surface area contributed by atoms with Gasteiger partial charge in [-0.1, -0.05) is 33.1 Å². The zero-order valence-electron chi connectivity index (χ0n) is 11.9. The topological polar surface area (TPSA) is 49.4 Å². The van der Waals surface area contributed by atoms with Crippen molar-refractivity contribution in [1.29, 1.82) is 0 Å². The van der Waals surface area contributed by atoms with E-state index in [1.165, 1.54) is 0 Å². The molecule has 0 aromatic rings. The molecule has 1 N–H and O–H groups in total. The largest absolute Gasteiger partial charge is 0.344 e.